The summed E-state index contributed by atoms with van der Waals surface area (Å²) in [5.41, 5.74) is -0.867. The lowest BCUT2D eigenvalue weighted by Gasteiger charge is -2.36. The number of carboxylic acid groups (broad SMARTS) is 2. The van der Waals surface area contributed by atoms with E-state index in [-0.39, 0.29) is 10.6 Å². The number of halogens is 1. The van der Waals surface area contributed by atoms with Crippen LogP contribution in [-0.4, -0.2) is 22.2 Å². The lowest BCUT2D eigenvalue weighted by Crippen LogP contribution is -2.39. The molecule has 0 heterocycles. The third-order valence-electron chi connectivity index (χ3n) is 3.62. The molecule has 0 saturated heterocycles. The summed E-state index contributed by atoms with van der Waals surface area (Å²) in [6, 6.07) is 8.68. The van der Waals surface area contributed by atoms with E-state index in [1.165, 1.54) is 19.1 Å². The number of benzene rings is 1. The van der Waals surface area contributed by atoms with E-state index in [4.69, 9.17) is 11.6 Å². The summed E-state index contributed by atoms with van der Waals surface area (Å²) in [6.45, 7) is 1.45. The van der Waals surface area contributed by atoms with Gasteiger partial charge >= 0.3 is 11.9 Å². The topological polar surface area (TPSA) is 74.6 Å². The van der Waals surface area contributed by atoms with Gasteiger partial charge in [-0.3, -0.25) is 4.79 Å². The number of aliphatic carboxylic acids is 2. The summed E-state index contributed by atoms with van der Waals surface area (Å²) in [6.07, 6.45) is 2.71. The minimum atomic E-state index is -1.49. The van der Waals surface area contributed by atoms with Crippen LogP contribution < -0.4 is 0 Å². The molecule has 5 heteroatoms. The summed E-state index contributed by atoms with van der Waals surface area (Å²) in [7, 11) is 0. The molecule has 20 heavy (non-hydrogen) atoms. The molecular formula is C15H13ClO4. The monoisotopic (exact) mass is 292 g/mol. The Balaban J connectivity index is 2.68. The van der Waals surface area contributed by atoms with Crippen LogP contribution in [0.2, 0.25) is 0 Å². The van der Waals surface area contributed by atoms with Crippen molar-refractivity contribution in [3.05, 3.63) is 58.7 Å². The van der Waals surface area contributed by atoms with Gasteiger partial charge in [0.15, 0.2) is 0 Å². The second-order valence-electron chi connectivity index (χ2n) is 4.79. The van der Waals surface area contributed by atoms with Crippen LogP contribution >= 0.6 is 11.6 Å². The van der Waals surface area contributed by atoms with Gasteiger partial charge in [0.25, 0.3) is 0 Å². The Morgan fingerprint density at radius 2 is 1.75 bits per heavy atom. The SMILES string of the molecule is CC1(C(=O)O)C(Cl)=CC=C(C(=O)O)C1c1ccccc1. The third-order valence-corrected chi connectivity index (χ3v) is 4.14. The van der Waals surface area contributed by atoms with Crippen molar-refractivity contribution in [2.24, 2.45) is 5.41 Å². The van der Waals surface area contributed by atoms with Gasteiger partial charge < -0.3 is 10.2 Å². The predicted octanol–water partition coefficient (Wildman–Crippen LogP) is 3.01. The van der Waals surface area contributed by atoms with E-state index >= 15 is 0 Å². The lowest BCUT2D eigenvalue weighted by atomic mass is 9.67. The maximum absolute atomic E-state index is 11.7. The normalized spacial score (nSPS) is 25.6. The highest BCUT2D eigenvalue weighted by Gasteiger charge is 2.49. The van der Waals surface area contributed by atoms with Crippen LogP contribution in [0.3, 0.4) is 0 Å². The number of hydrogen-bond acceptors (Lipinski definition) is 2. The molecule has 2 N–H and O–H groups in total. The second-order valence-corrected chi connectivity index (χ2v) is 5.20. The maximum Gasteiger partial charge on any atom is 0.332 e. The Kier molecular flexibility index (Phi) is 3.68. The summed E-state index contributed by atoms with van der Waals surface area (Å²) in [5, 5.41) is 19.0. The summed E-state index contributed by atoms with van der Waals surface area (Å²) in [5.74, 6) is -3.14. The quantitative estimate of drug-likeness (QED) is 0.898. The zero-order valence-corrected chi connectivity index (χ0v) is 11.5. The van der Waals surface area contributed by atoms with Crippen LogP contribution in [0.4, 0.5) is 0 Å². The highest BCUT2D eigenvalue weighted by molar-refractivity contribution is 6.32. The molecule has 0 aliphatic heterocycles. The molecule has 1 aromatic rings. The molecule has 0 aromatic heterocycles. The first-order chi connectivity index (χ1) is 9.39. The number of rotatable bonds is 3. The number of carboxylic acids is 2. The smallest absolute Gasteiger partial charge is 0.332 e. The molecule has 104 valence electrons. The highest BCUT2D eigenvalue weighted by atomic mass is 35.5. The van der Waals surface area contributed by atoms with Crippen molar-refractivity contribution in [3.63, 3.8) is 0 Å². The molecular weight excluding hydrogens is 280 g/mol. The Labute approximate surface area is 121 Å². The van der Waals surface area contributed by atoms with Crippen molar-refractivity contribution in [3.8, 4) is 0 Å². The predicted molar refractivity (Wildman–Crippen MR) is 74.6 cm³/mol. The lowest BCUT2D eigenvalue weighted by molar-refractivity contribution is -0.146. The molecule has 2 rings (SSSR count). The minimum Gasteiger partial charge on any atom is -0.481 e. The van der Waals surface area contributed by atoms with Crippen molar-refractivity contribution < 1.29 is 19.8 Å². The van der Waals surface area contributed by atoms with Gasteiger partial charge in [-0.2, -0.15) is 0 Å². The molecule has 1 aliphatic carbocycles. The Morgan fingerprint density at radius 3 is 2.25 bits per heavy atom. The molecule has 2 unspecified atom stereocenters. The van der Waals surface area contributed by atoms with Gasteiger partial charge in [0.05, 0.1) is 0 Å². The van der Waals surface area contributed by atoms with Crippen molar-refractivity contribution in [2.75, 3.05) is 0 Å². The van der Waals surface area contributed by atoms with Crippen LogP contribution in [0.15, 0.2) is 53.1 Å². The molecule has 0 spiro atoms. The van der Waals surface area contributed by atoms with Gasteiger partial charge in [-0.25, -0.2) is 4.79 Å². The van der Waals surface area contributed by atoms with Gasteiger partial charge in [-0.15, -0.1) is 0 Å². The molecule has 4 nitrogen and oxygen atoms in total. The van der Waals surface area contributed by atoms with E-state index in [1.807, 2.05) is 0 Å². The zero-order valence-electron chi connectivity index (χ0n) is 10.7. The highest BCUT2D eigenvalue weighted by Crippen LogP contribution is 2.50. The van der Waals surface area contributed by atoms with Crippen LogP contribution in [0.1, 0.15) is 18.4 Å². The maximum atomic E-state index is 11.7. The number of allylic oxidation sites excluding steroid dienone is 2. The van der Waals surface area contributed by atoms with Crippen molar-refractivity contribution >= 4 is 23.5 Å². The minimum absolute atomic E-state index is 0.0190. The molecule has 1 aromatic carbocycles. The van der Waals surface area contributed by atoms with E-state index < -0.39 is 23.3 Å². The van der Waals surface area contributed by atoms with Crippen LogP contribution in [0.5, 0.6) is 0 Å². The molecule has 0 radical (unpaired) electrons. The van der Waals surface area contributed by atoms with E-state index in [0.717, 1.165) is 0 Å². The first-order valence-electron chi connectivity index (χ1n) is 5.98. The van der Waals surface area contributed by atoms with E-state index in [1.54, 1.807) is 30.3 Å². The molecule has 2 atom stereocenters. The fraction of sp³-hybridized carbons (Fsp3) is 0.200. The van der Waals surface area contributed by atoms with E-state index in [0.29, 0.717) is 5.56 Å². The zero-order chi connectivity index (χ0) is 14.9. The summed E-state index contributed by atoms with van der Waals surface area (Å²) in [4.78, 5) is 23.1. The second kappa shape index (κ2) is 5.13. The molecule has 0 fully saturated rings. The first kappa shape index (κ1) is 14.3. The largest absolute Gasteiger partial charge is 0.481 e. The standard InChI is InChI=1S/C15H13ClO4/c1-15(14(19)20)11(16)8-7-10(13(17)18)12(15)9-5-3-2-4-6-9/h2-8,12H,1H3,(H,17,18)(H,19,20). The van der Waals surface area contributed by atoms with Crippen LogP contribution in [0, 0.1) is 5.41 Å². The molecule has 0 amide bonds. The van der Waals surface area contributed by atoms with Gasteiger partial charge in [0.1, 0.15) is 5.41 Å². The molecule has 0 bridgehead atoms. The van der Waals surface area contributed by atoms with E-state index in [9.17, 15) is 19.8 Å². The molecule has 1 aliphatic rings. The Morgan fingerprint density at radius 1 is 1.15 bits per heavy atom. The Hall–Kier alpha value is -2.07. The summed E-state index contributed by atoms with van der Waals surface area (Å²) >= 11 is 6.08. The average Bonchev–Trinajstić information content (AvgIpc) is 2.42. The third kappa shape index (κ3) is 2.12. The number of hydrogen-bond donors (Lipinski definition) is 2. The fourth-order valence-corrected chi connectivity index (χ4v) is 2.71. The van der Waals surface area contributed by atoms with Crippen LogP contribution in [0.25, 0.3) is 0 Å². The summed E-state index contributed by atoms with van der Waals surface area (Å²) < 4.78 is 0. The van der Waals surface area contributed by atoms with E-state index in [2.05, 4.69) is 0 Å². The van der Waals surface area contributed by atoms with Gasteiger partial charge in [-0.1, -0.05) is 41.9 Å². The molecule has 0 saturated carbocycles. The van der Waals surface area contributed by atoms with Crippen molar-refractivity contribution in [1.82, 2.24) is 0 Å². The van der Waals surface area contributed by atoms with Gasteiger partial charge in [0.2, 0.25) is 0 Å². The van der Waals surface area contributed by atoms with Crippen molar-refractivity contribution in [2.45, 2.75) is 12.8 Å². The van der Waals surface area contributed by atoms with Crippen molar-refractivity contribution in [1.29, 1.82) is 0 Å². The number of carbonyl (C=O) groups is 2. The average molecular weight is 293 g/mol. The first-order valence-corrected chi connectivity index (χ1v) is 6.36. The van der Waals surface area contributed by atoms with Gasteiger partial charge in [-0.05, 0) is 24.6 Å². The van der Waals surface area contributed by atoms with Crippen LogP contribution in [-0.2, 0) is 9.59 Å². The fourth-order valence-electron chi connectivity index (χ4n) is 2.46. The van der Waals surface area contributed by atoms with Gasteiger partial charge in [0, 0.05) is 16.5 Å². The Bertz CT molecular complexity index is 618.